The molecule has 0 bridgehead atoms. The molecule has 0 atom stereocenters. The molecule has 0 saturated heterocycles. The second-order valence-corrected chi connectivity index (χ2v) is 3.87. The Balaban J connectivity index is 2.56. The van der Waals surface area contributed by atoms with E-state index in [1.807, 2.05) is 13.8 Å². The van der Waals surface area contributed by atoms with Gasteiger partial charge in [0.2, 0.25) is 0 Å². The van der Waals surface area contributed by atoms with Crippen LogP contribution in [0, 0.1) is 0 Å². The molecule has 0 aromatic carbocycles. The number of hydrogen-bond acceptors (Lipinski definition) is 4. The van der Waals surface area contributed by atoms with Crippen LogP contribution < -0.4 is 11.1 Å². The molecule has 88 valence electrons. The Labute approximate surface area is 98.5 Å². The number of H-pyrrole nitrogens is 1. The predicted octanol–water partition coefficient (Wildman–Crippen LogP) is 0.407. The molecule has 0 aliphatic rings. The van der Waals surface area contributed by atoms with Gasteiger partial charge in [0, 0.05) is 0 Å². The van der Waals surface area contributed by atoms with Gasteiger partial charge in [-0.25, -0.2) is 0 Å². The van der Waals surface area contributed by atoms with Gasteiger partial charge in [-0.05, 0) is 13.8 Å². The highest BCUT2D eigenvalue weighted by molar-refractivity contribution is 7.80. The number of aromatic amines is 1. The lowest BCUT2D eigenvalue weighted by molar-refractivity contribution is -0.121. The quantitative estimate of drug-likeness (QED) is 0.650. The van der Waals surface area contributed by atoms with E-state index in [4.69, 9.17) is 22.7 Å². The summed E-state index contributed by atoms with van der Waals surface area (Å²) >= 11 is 4.80. The van der Waals surface area contributed by atoms with Gasteiger partial charge in [0.15, 0.2) is 0 Å². The highest BCUT2D eigenvalue weighted by Gasteiger charge is 2.11. The Bertz CT molecular complexity index is 389. The number of nitrogens with zero attached hydrogens (tertiary/aromatic N) is 1. The van der Waals surface area contributed by atoms with Gasteiger partial charge in [-0.3, -0.25) is 9.89 Å². The van der Waals surface area contributed by atoms with Gasteiger partial charge in [0.25, 0.3) is 5.91 Å². The number of nitrogens with one attached hydrogen (secondary N) is 2. The second kappa shape index (κ2) is 5.57. The zero-order valence-corrected chi connectivity index (χ0v) is 9.93. The van der Waals surface area contributed by atoms with Gasteiger partial charge < -0.3 is 15.8 Å². The molecule has 6 nitrogen and oxygen atoms in total. The molecule has 0 unspecified atom stereocenters. The monoisotopic (exact) mass is 242 g/mol. The Kier molecular flexibility index (Phi) is 4.39. The average molecular weight is 242 g/mol. The van der Waals surface area contributed by atoms with Crippen molar-refractivity contribution in [3.63, 3.8) is 0 Å². The number of amides is 1. The van der Waals surface area contributed by atoms with Crippen molar-refractivity contribution in [3.8, 4) is 0 Å². The molecule has 0 aliphatic carbocycles. The Morgan fingerprint density at radius 1 is 1.75 bits per heavy atom. The largest absolute Gasteiger partial charge is 0.389 e. The highest BCUT2D eigenvalue weighted by atomic mass is 32.1. The topological polar surface area (TPSA) is 93.0 Å². The van der Waals surface area contributed by atoms with Crippen molar-refractivity contribution < 1.29 is 9.53 Å². The SMILES string of the molecule is CC(C)OCC(=O)Nc1[nH]ncc1C(N)=S. The van der Waals surface area contributed by atoms with Crippen LogP contribution in [0.1, 0.15) is 19.4 Å². The third-order valence-electron chi connectivity index (χ3n) is 1.72. The maximum absolute atomic E-state index is 11.4. The van der Waals surface area contributed by atoms with Crippen LogP contribution in [-0.2, 0) is 9.53 Å². The highest BCUT2D eigenvalue weighted by Crippen LogP contribution is 2.10. The van der Waals surface area contributed by atoms with Crippen LogP contribution >= 0.6 is 12.2 Å². The van der Waals surface area contributed by atoms with Crippen molar-refractivity contribution in [1.29, 1.82) is 0 Å². The fraction of sp³-hybridized carbons (Fsp3) is 0.444. The smallest absolute Gasteiger partial charge is 0.251 e. The molecule has 1 aromatic rings. The van der Waals surface area contributed by atoms with Gasteiger partial charge in [-0.1, -0.05) is 12.2 Å². The number of thiocarbonyl (C=S) groups is 1. The lowest BCUT2D eigenvalue weighted by Gasteiger charge is -2.08. The summed E-state index contributed by atoms with van der Waals surface area (Å²) in [6.07, 6.45) is 1.46. The predicted molar refractivity (Wildman–Crippen MR) is 64.2 cm³/mol. The van der Waals surface area contributed by atoms with Crippen molar-refractivity contribution in [2.75, 3.05) is 11.9 Å². The summed E-state index contributed by atoms with van der Waals surface area (Å²) in [5, 5.41) is 8.92. The molecule has 1 aromatic heterocycles. The minimum absolute atomic E-state index is 0.00238. The first kappa shape index (κ1) is 12.6. The van der Waals surface area contributed by atoms with E-state index in [0.717, 1.165) is 0 Å². The zero-order valence-electron chi connectivity index (χ0n) is 9.11. The molecule has 0 fully saturated rings. The number of rotatable bonds is 5. The Morgan fingerprint density at radius 3 is 3.00 bits per heavy atom. The van der Waals surface area contributed by atoms with Crippen molar-refractivity contribution in [2.24, 2.45) is 5.73 Å². The lowest BCUT2D eigenvalue weighted by Crippen LogP contribution is -2.22. The maximum Gasteiger partial charge on any atom is 0.251 e. The molecule has 0 spiro atoms. The number of aromatic nitrogens is 2. The van der Waals surface area contributed by atoms with Crippen LogP contribution in [0.5, 0.6) is 0 Å². The first-order valence-electron chi connectivity index (χ1n) is 4.75. The van der Waals surface area contributed by atoms with Gasteiger partial charge in [0.05, 0.1) is 17.9 Å². The zero-order chi connectivity index (χ0) is 12.1. The Hall–Kier alpha value is -1.47. The van der Waals surface area contributed by atoms with E-state index in [1.165, 1.54) is 6.20 Å². The summed E-state index contributed by atoms with van der Waals surface area (Å²) in [6.45, 7) is 3.68. The third kappa shape index (κ3) is 3.59. The molecule has 0 saturated carbocycles. The Morgan fingerprint density at radius 2 is 2.44 bits per heavy atom. The van der Waals surface area contributed by atoms with E-state index >= 15 is 0 Å². The number of anilines is 1. The molecule has 1 amide bonds. The molecule has 1 heterocycles. The minimum Gasteiger partial charge on any atom is -0.389 e. The standard InChI is InChI=1S/C9H14N4O2S/c1-5(2)15-4-7(14)12-9-6(8(10)16)3-11-13-9/h3,5H,4H2,1-2H3,(H2,10,16)(H2,11,12,13,14). The van der Waals surface area contributed by atoms with Crippen LogP contribution in [-0.4, -0.2) is 33.8 Å². The van der Waals surface area contributed by atoms with Crippen molar-refractivity contribution in [3.05, 3.63) is 11.8 Å². The van der Waals surface area contributed by atoms with Gasteiger partial charge in [-0.2, -0.15) is 5.10 Å². The lowest BCUT2D eigenvalue weighted by atomic mass is 10.3. The second-order valence-electron chi connectivity index (χ2n) is 3.43. The van der Waals surface area contributed by atoms with Crippen molar-refractivity contribution in [1.82, 2.24) is 10.2 Å². The molecule has 4 N–H and O–H groups in total. The molecule has 7 heteroatoms. The number of ether oxygens (including phenoxy) is 1. The van der Waals surface area contributed by atoms with Gasteiger partial charge in [-0.15, -0.1) is 0 Å². The summed E-state index contributed by atoms with van der Waals surface area (Å²) in [5.74, 6) is 0.111. The van der Waals surface area contributed by atoms with E-state index in [1.54, 1.807) is 0 Å². The van der Waals surface area contributed by atoms with Crippen LogP contribution in [0.25, 0.3) is 0 Å². The fourth-order valence-electron chi connectivity index (χ4n) is 0.986. The van der Waals surface area contributed by atoms with E-state index < -0.39 is 0 Å². The first-order chi connectivity index (χ1) is 7.50. The van der Waals surface area contributed by atoms with Crippen molar-refractivity contribution in [2.45, 2.75) is 20.0 Å². The van der Waals surface area contributed by atoms with Crippen LogP contribution in [0.15, 0.2) is 6.20 Å². The number of carbonyl (C=O) groups excluding carboxylic acids is 1. The summed E-state index contributed by atoms with van der Waals surface area (Å²) in [4.78, 5) is 11.6. The minimum atomic E-state index is -0.282. The molecule has 0 aliphatic heterocycles. The van der Waals surface area contributed by atoms with E-state index in [2.05, 4.69) is 15.5 Å². The maximum atomic E-state index is 11.4. The number of hydrogen-bond donors (Lipinski definition) is 3. The number of carbonyl (C=O) groups is 1. The van der Waals surface area contributed by atoms with Crippen LogP contribution in [0.3, 0.4) is 0 Å². The van der Waals surface area contributed by atoms with Crippen LogP contribution in [0.4, 0.5) is 5.82 Å². The first-order valence-corrected chi connectivity index (χ1v) is 5.16. The van der Waals surface area contributed by atoms with Crippen LogP contribution in [0.2, 0.25) is 0 Å². The summed E-state index contributed by atoms with van der Waals surface area (Å²) < 4.78 is 5.14. The average Bonchev–Trinajstić information content (AvgIpc) is 2.62. The molecule has 16 heavy (non-hydrogen) atoms. The van der Waals surface area contributed by atoms with Crippen molar-refractivity contribution >= 4 is 28.9 Å². The van der Waals surface area contributed by atoms with E-state index in [0.29, 0.717) is 11.4 Å². The van der Waals surface area contributed by atoms with E-state index in [9.17, 15) is 4.79 Å². The fourth-order valence-corrected chi connectivity index (χ4v) is 1.14. The third-order valence-corrected chi connectivity index (χ3v) is 1.94. The van der Waals surface area contributed by atoms with Gasteiger partial charge >= 0.3 is 0 Å². The molecule has 0 radical (unpaired) electrons. The molecule has 1 rings (SSSR count). The summed E-state index contributed by atoms with van der Waals surface area (Å²) in [7, 11) is 0. The normalized spacial score (nSPS) is 10.4. The van der Waals surface area contributed by atoms with Gasteiger partial charge in [0.1, 0.15) is 17.4 Å². The molecular weight excluding hydrogens is 228 g/mol. The summed E-state index contributed by atoms with van der Waals surface area (Å²) in [5.41, 5.74) is 5.95. The molecular formula is C9H14N4O2S. The number of nitrogens with two attached hydrogens (primary N) is 1. The van der Waals surface area contributed by atoms with E-state index in [-0.39, 0.29) is 23.6 Å². The summed E-state index contributed by atoms with van der Waals surface area (Å²) in [6, 6.07) is 0.